The highest BCUT2D eigenvalue weighted by Crippen LogP contribution is 2.36. The molecule has 5 nitrogen and oxygen atoms in total. The minimum absolute atomic E-state index is 0.0731. The monoisotopic (exact) mass is 448 g/mol. The van der Waals surface area contributed by atoms with Gasteiger partial charge in [0.25, 0.3) is 5.91 Å². The minimum Gasteiger partial charge on any atom is -0.455 e. The molecule has 0 fully saturated rings. The molecule has 4 aromatic rings. The summed E-state index contributed by atoms with van der Waals surface area (Å²) in [6.07, 6.45) is 0.0731. The highest BCUT2D eigenvalue weighted by atomic mass is 32.1. The van der Waals surface area contributed by atoms with Crippen molar-refractivity contribution in [2.75, 3.05) is 6.61 Å². The fourth-order valence-corrected chi connectivity index (χ4v) is 4.83. The van der Waals surface area contributed by atoms with Crippen molar-refractivity contribution in [2.45, 2.75) is 13.0 Å². The van der Waals surface area contributed by atoms with Crippen molar-refractivity contribution in [1.29, 1.82) is 0 Å². The van der Waals surface area contributed by atoms with E-state index in [2.05, 4.69) is 5.32 Å². The number of hydrogen-bond donors (Lipinski definition) is 1. The van der Waals surface area contributed by atoms with Crippen molar-refractivity contribution in [3.63, 3.8) is 0 Å². The van der Waals surface area contributed by atoms with Gasteiger partial charge in [-0.05, 0) is 17.0 Å². The molecule has 2 heterocycles. The van der Waals surface area contributed by atoms with Gasteiger partial charge in [0.15, 0.2) is 6.61 Å². The van der Waals surface area contributed by atoms with E-state index in [4.69, 9.17) is 9.72 Å². The van der Waals surface area contributed by atoms with E-state index >= 15 is 0 Å². The molecule has 0 atom stereocenters. The lowest BCUT2D eigenvalue weighted by atomic mass is 10.2. The van der Waals surface area contributed by atoms with Crippen LogP contribution < -0.4 is 5.32 Å². The number of thiazole rings is 1. The number of hydrogen-bond acceptors (Lipinski definition) is 6. The zero-order valence-corrected chi connectivity index (χ0v) is 18.2. The lowest BCUT2D eigenvalue weighted by Crippen LogP contribution is -2.28. The Morgan fingerprint density at radius 2 is 1.68 bits per heavy atom. The zero-order chi connectivity index (χ0) is 21.5. The third-order valence-corrected chi connectivity index (χ3v) is 6.46. The summed E-state index contributed by atoms with van der Waals surface area (Å²) in [4.78, 5) is 31.1. The molecule has 0 saturated heterocycles. The Morgan fingerprint density at radius 3 is 2.39 bits per heavy atom. The van der Waals surface area contributed by atoms with Crippen LogP contribution in [0.3, 0.4) is 0 Å². The second-order valence-electron chi connectivity index (χ2n) is 6.73. The standard InChI is InChI=1S/C24H20N2O3S2/c27-21(25-15-17-8-3-1-4-9-17)16-29-22(28)14-20-23(19-12-7-13-30-19)26-24(31-20)18-10-5-2-6-11-18/h1-13H,14-16H2,(H,25,27). The highest BCUT2D eigenvalue weighted by molar-refractivity contribution is 7.17. The summed E-state index contributed by atoms with van der Waals surface area (Å²) in [6.45, 7) is 0.0966. The molecule has 31 heavy (non-hydrogen) atoms. The van der Waals surface area contributed by atoms with Crippen LogP contribution in [-0.2, 0) is 27.3 Å². The van der Waals surface area contributed by atoms with Crippen LogP contribution in [-0.4, -0.2) is 23.5 Å². The summed E-state index contributed by atoms with van der Waals surface area (Å²) in [5.41, 5.74) is 2.79. The third kappa shape index (κ3) is 5.65. The summed E-state index contributed by atoms with van der Waals surface area (Å²) >= 11 is 3.05. The van der Waals surface area contributed by atoms with Gasteiger partial charge in [0.1, 0.15) is 5.01 Å². The summed E-state index contributed by atoms with van der Waals surface area (Å²) < 4.78 is 5.21. The molecule has 0 spiro atoms. The van der Waals surface area contributed by atoms with E-state index in [0.717, 1.165) is 31.6 Å². The van der Waals surface area contributed by atoms with Gasteiger partial charge in [-0.15, -0.1) is 22.7 Å². The Hall–Kier alpha value is -3.29. The maximum absolute atomic E-state index is 12.4. The van der Waals surface area contributed by atoms with Crippen LogP contribution in [0.5, 0.6) is 0 Å². The second-order valence-corrected chi connectivity index (χ2v) is 8.77. The SMILES string of the molecule is O=C(COC(=O)Cc1sc(-c2ccccc2)nc1-c1cccs1)NCc1ccccc1. The minimum atomic E-state index is -0.448. The van der Waals surface area contributed by atoms with E-state index in [1.807, 2.05) is 78.2 Å². The van der Waals surface area contributed by atoms with Crippen molar-refractivity contribution in [3.8, 4) is 21.1 Å². The van der Waals surface area contributed by atoms with Crippen molar-refractivity contribution in [2.24, 2.45) is 0 Å². The molecule has 0 radical (unpaired) electrons. The molecule has 2 aromatic heterocycles. The topological polar surface area (TPSA) is 68.3 Å². The van der Waals surface area contributed by atoms with E-state index in [0.29, 0.717) is 6.54 Å². The van der Waals surface area contributed by atoms with E-state index in [-0.39, 0.29) is 18.9 Å². The van der Waals surface area contributed by atoms with Gasteiger partial charge >= 0.3 is 5.97 Å². The molecular formula is C24H20N2O3S2. The molecule has 0 saturated carbocycles. The van der Waals surface area contributed by atoms with E-state index in [1.165, 1.54) is 11.3 Å². The van der Waals surface area contributed by atoms with Crippen LogP contribution in [0.1, 0.15) is 10.4 Å². The first-order chi connectivity index (χ1) is 15.2. The predicted octanol–water partition coefficient (Wildman–Crippen LogP) is 4.94. The Kier molecular flexibility index (Phi) is 6.86. The quantitative estimate of drug-likeness (QED) is 0.388. The fourth-order valence-electron chi connectivity index (χ4n) is 2.96. The van der Waals surface area contributed by atoms with Gasteiger partial charge in [-0.3, -0.25) is 9.59 Å². The summed E-state index contributed by atoms with van der Waals surface area (Å²) in [5, 5.41) is 5.59. The van der Waals surface area contributed by atoms with E-state index in [9.17, 15) is 9.59 Å². The molecule has 1 N–H and O–H groups in total. The van der Waals surface area contributed by atoms with Crippen LogP contribution in [0, 0.1) is 0 Å². The highest BCUT2D eigenvalue weighted by Gasteiger charge is 2.19. The summed E-state index contributed by atoms with van der Waals surface area (Å²) in [5.74, 6) is -0.777. The lowest BCUT2D eigenvalue weighted by molar-refractivity contribution is -0.147. The first kappa shape index (κ1) is 21.0. The average molecular weight is 449 g/mol. The van der Waals surface area contributed by atoms with Crippen molar-refractivity contribution in [1.82, 2.24) is 10.3 Å². The van der Waals surface area contributed by atoms with Gasteiger partial charge in [-0.2, -0.15) is 0 Å². The van der Waals surface area contributed by atoms with E-state index in [1.54, 1.807) is 11.3 Å². The Morgan fingerprint density at radius 1 is 0.935 bits per heavy atom. The fraction of sp³-hybridized carbons (Fsp3) is 0.125. The molecule has 0 aliphatic heterocycles. The number of nitrogens with one attached hydrogen (secondary N) is 1. The maximum atomic E-state index is 12.4. The molecule has 7 heteroatoms. The van der Waals surface area contributed by atoms with Crippen LogP contribution in [0.2, 0.25) is 0 Å². The molecule has 0 aliphatic rings. The lowest BCUT2D eigenvalue weighted by Gasteiger charge is -2.06. The number of amides is 1. The third-order valence-electron chi connectivity index (χ3n) is 4.47. The molecule has 0 aliphatic carbocycles. The average Bonchev–Trinajstić information content (AvgIpc) is 3.48. The normalized spacial score (nSPS) is 10.6. The predicted molar refractivity (Wildman–Crippen MR) is 124 cm³/mol. The Balaban J connectivity index is 1.39. The number of nitrogens with zero attached hydrogens (tertiary/aromatic N) is 1. The van der Waals surface area contributed by atoms with Crippen LogP contribution in [0.15, 0.2) is 78.2 Å². The number of rotatable bonds is 8. The van der Waals surface area contributed by atoms with Gasteiger partial charge in [0.05, 0.1) is 17.0 Å². The molecule has 0 bridgehead atoms. The first-order valence-electron chi connectivity index (χ1n) is 9.74. The van der Waals surface area contributed by atoms with Crippen molar-refractivity contribution < 1.29 is 14.3 Å². The Bertz CT molecular complexity index is 1140. The van der Waals surface area contributed by atoms with Gasteiger partial charge in [0, 0.05) is 17.0 Å². The second kappa shape index (κ2) is 10.1. The number of ether oxygens (including phenoxy) is 1. The first-order valence-corrected chi connectivity index (χ1v) is 11.4. The van der Waals surface area contributed by atoms with Gasteiger partial charge in [-0.1, -0.05) is 66.7 Å². The van der Waals surface area contributed by atoms with Gasteiger partial charge < -0.3 is 10.1 Å². The largest absolute Gasteiger partial charge is 0.455 e. The number of thiophene rings is 1. The smallest absolute Gasteiger partial charge is 0.311 e. The van der Waals surface area contributed by atoms with Crippen molar-refractivity contribution >= 4 is 34.6 Å². The molecule has 1 amide bonds. The molecule has 0 unspecified atom stereocenters. The van der Waals surface area contributed by atoms with Crippen molar-refractivity contribution in [3.05, 3.63) is 88.6 Å². The van der Waals surface area contributed by atoms with E-state index < -0.39 is 5.97 Å². The molecule has 156 valence electrons. The number of carbonyl (C=O) groups excluding carboxylic acids is 2. The molecular weight excluding hydrogens is 428 g/mol. The number of carbonyl (C=O) groups is 2. The summed E-state index contributed by atoms with van der Waals surface area (Å²) in [7, 11) is 0. The molecule has 2 aromatic carbocycles. The maximum Gasteiger partial charge on any atom is 0.311 e. The Labute approximate surface area is 188 Å². The number of aromatic nitrogens is 1. The van der Waals surface area contributed by atoms with Crippen LogP contribution in [0.25, 0.3) is 21.1 Å². The molecule has 4 rings (SSSR count). The van der Waals surface area contributed by atoms with Gasteiger partial charge in [0.2, 0.25) is 0 Å². The zero-order valence-electron chi connectivity index (χ0n) is 16.6. The van der Waals surface area contributed by atoms with Gasteiger partial charge in [-0.25, -0.2) is 4.98 Å². The number of benzene rings is 2. The van der Waals surface area contributed by atoms with Crippen LogP contribution in [0.4, 0.5) is 0 Å². The number of esters is 1. The summed E-state index contributed by atoms with van der Waals surface area (Å²) in [6, 6.07) is 23.4. The van der Waals surface area contributed by atoms with Crippen LogP contribution >= 0.6 is 22.7 Å².